The SMILES string of the molecule is CC(C)(CN)NC(=O)c1cc(=O)[nH]c(=O)[nH]1. The third-order valence-electron chi connectivity index (χ3n) is 1.97. The summed E-state index contributed by atoms with van der Waals surface area (Å²) in [6.07, 6.45) is 0. The lowest BCUT2D eigenvalue weighted by Crippen LogP contribution is -2.49. The molecule has 0 aliphatic carbocycles. The van der Waals surface area contributed by atoms with E-state index in [0.717, 1.165) is 6.07 Å². The Bertz CT molecular complexity index is 472. The van der Waals surface area contributed by atoms with Gasteiger partial charge in [0.05, 0.1) is 0 Å². The molecule has 16 heavy (non-hydrogen) atoms. The van der Waals surface area contributed by atoms with Crippen molar-refractivity contribution in [2.75, 3.05) is 6.54 Å². The van der Waals surface area contributed by atoms with Crippen LogP contribution >= 0.6 is 0 Å². The van der Waals surface area contributed by atoms with Gasteiger partial charge in [-0.3, -0.25) is 14.6 Å². The van der Waals surface area contributed by atoms with E-state index in [1.165, 1.54) is 0 Å². The van der Waals surface area contributed by atoms with Gasteiger partial charge in [-0.05, 0) is 13.8 Å². The first-order valence-corrected chi connectivity index (χ1v) is 4.70. The van der Waals surface area contributed by atoms with Crippen molar-refractivity contribution in [2.45, 2.75) is 19.4 Å². The van der Waals surface area contributed by atoms with Crippen LogP contribution in [0.4, 0.5) is 0 Å². The lowest BCUT2D eigenvalue weighted by Gasteiger charge is -2.23. The van der Waals surface area contributed by atoms with E-state index in [0.29, 0.717) is 0 Å². The van der Waals surface area contributed by atoms with Crippen LogP contribution in [0.3, 0.4) is 0 Å². The summed E-state index contributed by atoms with van der Waals surface area (Å²) in [4.78, 5) is 37.7. The fraction of sp³-hybridized carbons (Fsp3) is 0.444. The molecule has 0 spiro atoms. The second-order valence-corrected chi connectivity index (χ2v) is 4.04. The highest BCUT2D eigenvalue weighted by atomic mass is 16.2. The normalized spacial score (nSPS) is 11.2. The van der Waals surface area contributed by atoms with Crippen molar-refractivity contribution in [3.63, 3.8) is 0 Å². The lowest BCUT2D eigenvalue weighted by atomic mass is 10.1. The summed E-state index contributed by atoms with van der Waals surface area (Å²) in [5.41, 5.74) is 3.40. The number of carbonyl (C=O) groups is 1. The maximum Gasteiger partial charge on any atom is 0.326 e. The molecule has 0 bridgehead atoms. The second-order valence-electron chi connectivity index (χ2n) is 4.04. The Morgan fingerprint density at radius 3 is 2.56 bits per heavy atom. The number of hydrogen-bond acceptors (Lipinski definition) is 4. The largest absolute Gasteiger partial charge is 0.345 e. The van der Waals surface area contributed by atoms with Crippen molar-refractivity contribution in [3.05, 3.63) is 32.6 Å². The van der Waals surface area contributed by atoms with Crippen molar-refractivity contribution >= 4 is 5.91 Å². The third kappa shape index (κ3) is 3.06. The molecule has 0 fully saturated rings. The lowest BCUT2D eigenvalue weighted by molar-refractivity contribution is 0.0910. The summed E-state index contributed by atoms with van der Waals surface area (Å²) in [7, 11) is 0. The van der Waals surface area contributed by atoms with Crippen LogP contribution in [0, 0.1) is 0 Å². The van der Waals surface area contributed by atoms with Gasteiger partial charge in [0.2, 0.25) is 0 Å². The maximum absolute atomic E-state index is 11.6. The fourth-order valence-electron chi connectivity index (χ4n) is 1.02. The first-order valence-electron chi connectivity index (χ1n) is 4.70. The molecule has 1 aromatic heterocycles. The van der Waals surface area contributed by atoms with Gasteiger partial charge in [0.1, 0.15) is 5.69 Å². The fourth-order valence-corrected chi connectivity index (χ4v) is 1.02. The van der Waals surface area contributed by atoms with Crippen molar-refractivity contribution in [3.8, 4) is 0 Å². The Hall–Kier alpha value is -1.89. The highest BCUT2D eigenvalue weighted by Crippen LogP contribution is 1.99. The standard InChI is InChI=1S/C9H14N4O3/c1-9(2,4-10)13-7(15)5-3-6(14)12-8(16)11-5/h3H,4,10H2,1-2H3,(H,13,15)(H2,11,12,14,16). The maximum atomic E-state index is 11.6. The molecule has 0 unspecified atom stereocenters. The Morgan fingerprint density at radius 1 is 1.44 bits per heavy atom. The summed E-state index contributed by atoms with van der Waals surface area (Å²) >= 11 is 0. The van der Waals surface area contributed by atoms with Crippen LogP contribution in [-0.4, -0.2) is 28.0 Å². The predicted molar refractivity (Wildman–Crippen MR) is 58.3 cm³/mol. The van der Waals surface area contributed by atoms with Crippen LogP contribution in [0.5, 0.6) is 0 Å². The minimum Gasteiger partial charge on any atom is -0.345 e. The zero-order chi connectivity index (χ0) is 12.3. The van der Waals surface area contributed by atoms with Crippen molar-refractivity contribution in [1.29, 1.82) is 0 Å². The Labute approximate surface area is 91.1 Å². The van der Waals surface area contributed by atoms with Gasteiger partial charge in [-0.2, -0.15) is 0 Å². The molecule has 0 aliphatic rings. The number of aromatic nitrogens is 2. The van der Waals surface area contributed by atoms with Gasteiger partial charge in [0.15, 0.2) is 0 Å². The van der Waals surface area contributed by atoms with Crippen LogP contribution < -0.4 is 22.3 Å². The topological polar surface area (TPSA) is 121 Å². The zero-order valence-corrected chi connectivity index (χ0v) is 9.09. The molecule has 88 valence electrons. The molecule has 0 saturated carbocycles. The molecule has 0 radical (unpaired) electrons. The van der Waals surface area contributed by atoms with Crippen LogP contribution in [0.25, 0.3) is 0 Å². The van der Waals surface area contributed by atoms with Gasteiger partial charge in [0.25, 0.3) is 11.5 Å². The zero-order valence-electron chi connectivity index (χ0n) is 9.09. The Balaban J connectivity index is 2.98. The van der Waals surface area contributed by atoms with E-state index in [-0.39, 0.29) is 12.2 Å². The van der Waals surface area contributed by atoms with Crippen LogP contribution in [0.2, 0.25) is 0 Å². The first kappa shape index (κ1) is 12.2. The van der Waals surface area contributed by atoms with E-state index in [2.05, 4.69) is 10.3 Å². The summed E-state index contributed by atoms with van der Waals surface area (Å²) in [5.74, 6) is -0.543. The van der Waals surface area contributed by atoms with Gasteiger partial charge in [-0.25, -0.2) is 4.79 Å². The molecule has 1 rings (SSSR count). The van der Waals surface area contributed by atoms with Crippen molar-refractivity contribution in [2.24, 2.45) is 5.73 Å². The minimum atomic E-state index is -0.719. The van der Waals surface area contributed by atoms with E-state index < -0.39 is 22.7 Å². The first-order chi connectivity index (χ1) is 7.34. The highest BCUT2D eigenvalue weighted by molar-refractivity contribution is 5.92. The van der Waals surface area contributed by atoms with Gasteiger partial charge < -0.3 is 16.0 Å². The summed E-state index contributed by atoms with van der Waals surface area (Å²) < 4.78 is 0. The minimum absolute atomic E-state index is 0.0877. The number of amides is 1. The van der Waals surface area contributed by atoms with Crippen LogP contribution in [0.15, 0.2) is 15.7 Å². The highest BCUT2D eigenvalue weighted by Gasteiger charge is 2.19. The molecule has 7 nitrogen and oxygen atoms in total. The van der Waals surface area contributed by atoms with Crippen LogP contribution in [0.1, 0.15) is 24.3 Å². The van der Waals surface area contributed by atoms with Crippen molar-refractivity contribution in [1.82, 2.24) is 15.3 Å². The smallest absolute Gasteiger partial charge is 0.326 e. The molecule has 0 saturated heterocycles. The van der Waals surface area contributed by atoms with Gasteiger partial charge in [-0.15, -0.1) is 0 Å². The van der Waals surface area contributed by atoms with Crippen molar-refractivity contribution < 1.29 is 4.79 Å². The quantitative estimate of drug-likeness (QED) is 0.502. The molecule has 0 aliphatic heterocycles. The molecule has 5 N–H and O–H groups in total. The number of nitrogens with one attached hydrogen (secondary N) is 3. The summed E-state index contributed by atoms with van der Waals surface area (Å²) in [6.45, 7) is 3.71. The molecule has 1 amide bonds. The van der Waals surface area contributed by atoms with Gasteiger partial charge in [0, 0.05) is 18.2 Å². The third-order valence-corrected chi connectivity index (χ3v) is 1.97. The Morgan fingerprint density at radius 2 is 2.06 bits per heavy atom. The average Bonchev–Trinajstić information content (AvgIpc) is 2.15. The number of hydrogen-bond donors (Lipinski definition) is 4. The molecule has 1 heterocycles. The van der Waals surface area contributed by atoms with E-state index in [1.807, 2.05) is 4.98 Å². The second kappa shape index (κ2) is 4.31. The molecule has 1 aromatic rings. The molecule has 7 heteroatoms. The van der Waals surface area contributed by atoms with Gasteiger partial charge in [-0.1, -0.05) is 0 Å². The monoisotopic (exact) mass is 226 g/mol. The molecular weight excluding hydrogens is 212 g/mol. The van der Waals surface area contributed by atoms with E-state index >= 15 is 0 Å². The molecular formula is C9H14N4O3. The molecule has 0 aromatic carbocycles. The Kier molecular flexibility index (Phi) is 3.28. The predicted octanol–water partition coefficient (Wildman–Crippen LogP) is -1.47. The van der Waals surface area contributed by atoms with E-state index in [1.54, 1.807) is 13.8 Å². The number of carbonyl (C=O) groups excluding carboxylic acids is 1. The van der Waals surface area contributed by atoms with E-state index in [9.17, 15) is 14.4 Å². The number of aromatic amines is 2. The number of H-pyrrole nitrogens is 2. The summed E-state index contributed by atoms with van der Waals surface area (Å²) in [5, 5.41) is 2.59. The number of rotatable bonds is 3. The van der Waals surface area contributed by atoms with E-state index in [4.69, 9.17) is 5.73 Å². The van der Waals surface area contributed by atoms with Crippen LogP contribution in [-0.2, 0) is 0 Å². The number of nitrogens with two attached hydrogens (primary N) is 1. The van der Waals surface area contributed by atoms with Gasteiger partial charge >= 0.3 is 5.69 Å². The molecule has 0 atom stereocenters. The summed E-state index contributed by atoms with van der Waals surface area (Å²) in [6, 6.07) is 1.02. The average molecular weight is 226 g/mol.